The molecule has 1 heterocycles. The fourth-order valence-electron chi connectivity index (χ4n) is 2.09. The second kappa shape index (κ2) is 4.68. The molecule has 2 rings (SSSR count). The molecule has 96 valence electrons. The van der Waals surface area contributed by atoms with Gasteiger partial charge in [-0.25, -0.2) is 0 Å². The lowest BCUT2D eigenvalue weighted by Gasteiger charge is -2.33. The fourth-order valence-corrected chi connectivity index (χ4v) is 2.09. The number of carbonyl (C=O) groups is 2. The molecule has 0 aromatic heterocycles. The van der Waals surface area contributed by atoms with E-state index in [-0.39, 0.29) is 11.8 Å². The zero-order chi connectivity index (χ0) is 13.3. The molecule has 1 fully saturated rings. The Labute approximate surface area is 106 Å². The van der Waals surface area contributed by atoms with Crippen molar-refractivity contribution in [3.63, 3.8) is 0 Å². The van der Waals surface area contributed by atoms with Crippen LogP contribution in [-0.4, -0.2) is 35.8 Å². The Morgan fingerprint density at radius 1 is 1.50 bits per heavy atom. The van der Waals surface area contributed by atoms with Crippen molar-refractivity contribution in [2.75, 3.05) is 18.8 Å². The molecule has 2 amide bonds. The van der Waals surface area contributed by atoms with Crippen LogP contribution in [0.3, 0.4) is 0 Å². The highest BCUT2D eigenvalue weighted by molar-refractivity contribution is 6.01. The molecule has 5 heteroatoms. The van der Waals surface area contributed by atoms with Crippen LogP contribution in [0.5, 0.6) is 0 Å². The third-order valence-corrected chi connectivity index (χ3v) is 3.20. The molecule has 18 heavy (non-hydrogen) atoms. The van der Waals surface area contributed by atoms with Gasteiger partial charge < -0.3 is 16.0 Å². The Morgan fingerprint density at radius 3 is 2.89 bits per heavy atom. The van der Waals surface area contributed by atoms with Gasteiger partial charge in [0.15, 0.2) is 0 Å². The van der Waals surface area contributed by atoms with Crippen LogP contribution in [0, 0.1) is 6.92 Å². The minimum atomic E-state index is -0.452. The van der Waals surface area contributed by atoms with Crippen LogP contribution in [0.4, 0.5) is 5.69 Å². The minimum absolute atomic E-state index is 0.125. The quantitative estimate of drug-likeness (QED) is 0.711. The predicted octanol–water partition coefficient (Wildman–Crippen LogP) is 0.538. The lowest BCUT2D eigenvalue weighted by atomic mass is 10.1. The van der Waals surface area contributed by atoms with Crippen molar-refractivity contribution in [3.8, 4) is 0 Å². The van der Waals surface area contributed by atoms with E-state index >= 15 is 0 Å². The number of nitrogen functional groups attached to an aromatic ring is 1. The van der Waals surface area contributed by atoms with E-state index in [0.29, 0.717) is 24.3 Å². The van der Waals surface area contributed by atoms with Crippen molar-refractivity contribution in [1.82, 2.24) is 10.2 Å². The lowest BCUT2D eigenvalue weighted by molar-refractivity contribution is -0.127. The molecule has 1 aromatic rings. The zero-order valence-corrected chi connectivity index (χ0v) is 10.6. The van der Waals surface area contributed by atoms with Crippen molar-refractivity contribution >= 4 is 17.5 Å². The summed E-state index contributed by atoms with van der Waals surface area (Å²) in [4.78, 5) is 25.5. The maximum absolute atomic E-state index is 12.4. The third-order valence-electron chi connectivity index (χ3n) is 3.20. The number of carbonyl (C=O) groups excluding carboxylic acids is 2. The van der Waals surface area contributed by atoms with Crippen LogP contribution in [0.15, 0.2) is 18.2 Å². The van der Waals surface area contributed by atoms with E-state index in [4.69, 9.17) is 5.73 Å². The summed E-state index contributed by atoms with van der Waals surface area (Å²) in [6.45, 7) is 4.64. The molecule has 0 bridgehead atoms. The molecule has 1 aliphatic heterocycles. The average molecular weight is 247 g/mol. The van der Waals surface area contributed by atoms with Gasteiger partial charge >= 0.3 is 0 Å². The Morgan fingerprint density at radius 2 is 2.22 bits per heavy atom. The summed E-state index contributed by atoms with van der Waals surface area (Å²) < 4.78 is 0. The molecule has 0 spiro atoms. The lowest BCUT2D eigenvalue weighted by Crippen LogP contribution is -2.55. The van der Waals surface area contributed by atoms with Crippen LogP contribution in [0.25, 0.3) is 0 Å². The first kappa shape index (κ1) is 12.4. The first-order chi connectivity index (χ1) is 8.50. The van der Waals surface area contributed by atoms with Gasteiger partial charge in [0.1, 0.15) is 6.04 Å². The number of nitrogens with two attached hydrogens (primary N) is 1. The normalized spacial score (nSPS) is 19.6. The van der Waals surface area contributed by atoms with Crippen molar-refractivity contribution < 1.29 is 9.59 Å². The third kappa shape index (κ3) is 2.16. The molecule has 0 radical (unpaired) electrons. The van der Waals surface area contributed by atoms with Gasteiger partial charge in [-0.3, -0.25) is 9.59 Å². The van der Waals surface area contributed by atoms with E-state index in [1.807, 2.05) is 13.0 Å². The van der Waals surface area contributed by atoms with Crippen LogP contribution in [0.2, 0.25) is 0 Å². The van der Waals surface area contributed by atoms with E-state index < -0.39 is 6.04 Å². The highest BCUT2D eigenvalue weighted by Crippen LogP contribution is 2.18. The molecular formula is C13H17N3O2. The number of benzene rings is 1. The molecule has 1 atom stereocenters. The fraction of sp³-hybridized carbons (Fsp3) is 0.385. The molecule has 3 N–H and O–H groups in total. The number of hydrogen-bond donors (Lipinski definition) is 2. The maximum atomic E-state index is 12.4. The van der Waals surface area contributed by atoms with Gasteiger partial charge in [-0.2, -0.15) is 0 Å². The standard InChI is InChI=1S/C13H17N3O2/c1-8-3-4-10(11(14)7-8)13(18)16-6-5-15-12(17)9(16)2/h3-4,7,9H,5-6,14H2,1-2H3,(H,15,17). The number of aryl methyl sites for hydroxylation is 1. The highest BCUT2D eigenvalue weighted by Gasteiger charge is 2.30. The minimum Gasteiger partial charge on any atom is -0.398 e. The predicted molar refractivity (Wildman–Crippen MR) is 69.1 cm³/mol. The number of amides is 2. The summed E-state index contributed by atoms with van der Waals surface area (Å²) in [7, 11) is 0. The van der Waals surface area contributed by atoms with Gasteiger partial charge in [0.25, 0.3) is 5.91 Å². The summed E-state index contributed by atoms with van der Waals surface area (Å²) in [5.41, 5.74) is 7.79. The molecule has 5 nitrogen and oxygen atoms in total. The van der Waals surface area contributed by atoms with Gasteiger partial charge in [-0.05, 0) is 31.5 Å². The van der Waals surface area contributed by atoms with Crippen molar-refractivity contribution in [2.45, 2.75) is 19.9 Å². The van der Waals surface area contributed by atoms with Crippen molar-refractivity contribution in [2.24, 2.45) is 0 Å². The summed E-state index contributed by atoms with van der Waals surface area (Å²) in [6.07, 6.45) is 0. The maximum Gasteiger partial charge on any atom is 0.256 e. The van der Waals surface area contributed by atoms with Gasteiger partial charge in [0, 0.05) is 18.8 Å². The Kier molecular flexibility index (Phi) is 3.23. The number of anilines is 1. The van der Waals surface area contributed by atoms with Gasteiger partial charge in [-0.1, -0.05) is 6.07 Å². The van der Waals surface area contributed by atoms with Crippen LogP contribution >= 0.6 is 0 Å². The average Bonchev–Trinajstić information content (AvgIpc) is 2.32. The Balaban J connectivity index is 2.28. The summed E-state index contributed by atoms with van der Waals surface area (Å²) in [5, 5.41) is 2.73. The first-order valence-electron chi connectivity index (χ1n) is 5.95. The number of nitrogens with zero attached hydrogens (tertiary/aromatic N) is 1. The Hall–Kier alpha value is -2.04. The first-order valence-corrected chi connectivity index (χ1v) is 5.95. The van der Waals surface area contributed by atoms with Crippen molar-refractivity contribution in [3.05, 3.63) is 29.3 Å². The number of rotatable bonds is 1. The zero-order valence-electron chi connectivity index (χ0n) is 10.6. The van der Waals surface area contributed by atoms with Gasteiger partial charge in [0.2, 0.25) is 5.91 Å². The summed E-state index contributed by atoms with van der Waals surface area (Å²) >= 11 is 0. The van der Waals surface area contributed by atoms with E-state index in [2.05, 4.69) is 5.32 Å². The monoisotopic (exact) mass is 247 g/mol. The van der Waals surface area contributed by atoms with Crippen LogP contribution in [-0.2, 0) is 4.79 Å². The summed E-state index contributed by atoms with van der Waals surface area (Å²) in [5.74, 6) is -0.310. The number of nitrogens with one attached hydrogen (secondary N) is 1. The van der Waals surface area contributed by atoms with Crippen LogP contribution < -0.4 is 11.1 Å². The molecule has 1 saturated heterocycles. The SMILES string of the molecule is Cc1ccc(C(=O)N2CCNC(=O)C2C)c(N)c1. The van der Waals surface area contributed by atoms with E-state index in [9.17, 15) is 9.59 Å². The van der Waals surface area contributed by atoms with Crippen LogP contribution in [0.1, 0.15) is 22.8 Å². The van der Waals surface area contributed by atoms with Gasteiger partial charge in [-0.15, -0.1) is 0 Å². The topological polar surface area (TPSA) is 75.4 Å². The highest BCUT2D eigenvalue weighted by atomic mass is 16.2. The summed E-state index contributed by atoms with van der Waals surface area (Å²) in [6, 6.07) is 4.87. The Bertz CT molecular complexity index is 499. The largest absolute Gasteiger partial charge is 0.398 e. The van der Waals surface area contributed by atoms with E-state index in [1.54, 1.807) is 24.0 Å². The second-order valence-corrected chi connectivity index (χ2v) is 4.56. The molecule has 1 aliphatic rings. The molecule has 1 unspecified atom stereocenters. The van der Waals surface area contributed by atoms with E-state index in [1.165, 1.54) is 0 Å². The number of piperazine rings is 1. The molecular weight excluding hydrogens is 230 g/mol. The van der Waals surface area contributed by atoms with E-state index in [0.717, 1.165) is 5.56 Å². The molecule has 0 aliphatic carbocycles. The number of hydrogen-bond acceptors (Lipinski definition) is 3. The smallest absolute Gasteiger partial charge is 0.256 e. The molecule has 1 aromatic carbocycles. The van der Waals surface area contributed by atoms with Gasteiger partial charge in [0.05, 0.1) is 5.56 Å². The molecule has 0 saturated carbocycles. The van der Waals surface area contributed by atoms with Crippen molar-refractivity contribution in [1.29, 1.82) is 0 Å². The second-order valence-electron chi connectivity index (χ2n) is 4.56.